The lowest BCUT2D eigenvalue weighted by Crippen LogP contribution is -2.89. The molecule has 2 aliphatic heterocycles. The molecule has 0 spiro atoms. The van der Waals surface area contributed by atoms with Gasteiger partial charge in [-0.2, -0.15) is 0 Å². The Labute approximate surface area is 291 Å². The second-order valence-corrected chi connectivity index (χ2v) is 12.2. The smallest absolute Gasteiger partial charge is 0.310 e. The summed E-state index contributed by atoms with van der Waals surface area (Å²) in [6, 6.07) is 22.3. The normalized spacial score (nSPS) is 17.4. The minimum atomic E-state index is -0.914. The fourth-order valence-corrected chi connectivity index (χ4v) is 5.54. The van der Waals surface area contributed by atoms with E-state index in [1.54, 1.807) is 28.1 Å². The van der Waals surface area contributed by atoms with E-state index >= 15 is 0 Å². The van der Waals surface area contributed by atoms with Crippen molar-refractivity contribution < 1.29 is 59.7 Å². The molecule has 12 nitrogen and oxygen atoms in total. The average molecular weight is 691 g/mol. The fourth-order valence-electron chi connectivity index (χ4n) is 5.54. The molecule has 4 atom stereocenters. The first kappa shape index (κ1) is 39.2. The number of benzene rings is 4. The molecule has 0 aromatic heterocycles. The Morgan fingerprint density at radius 2 is 0.960 bits per heavy atom. The molecular formula is C38H46N2O10. The molecule has 2 fully saturated rings. The topological polar surface area (TPSA) is 207 Å². The third kappa shape index (κ3) is 11.5. The number of hydrogen-bond donors (Lipinski definition) is 4. The van der Waals surface area contributed by atoms with E-state index in [1.807, 2.05) is 83.4 Å². The van der Waals surface area contributed by atoms with Crippen molar-refractivity contribution in [1.82, 2.24) is 0 Å². The van der Waals surface area contributed by atoms with Gasteiger partial charge in [0.2, 0.25) is 0 Å². The molecule has 50 heavy (non-hydrogen) atoms. The van der Waals surface area contributed by atoms with Gasteiger partial charge in [-0.15, -0.1) is 0 Å². The van der Waals surface area contributed by atoms with E-state index < -0.39 is 35.7 Å². The molecule has 2 heterocycles. The summed E-state index contributed by atoms with van der Waals surface area (Å²) in [5, 5.41) is 45.8. The highest BCUT2D eigenvalue weighted by atomic mass is 16.5. The van der Waals surface area contributed by atoms with E-state index in [0.717, 1.165) is 82.9 Å². The van der Waals surface area contributed by atoms with Gasteiger partial charge in [0, 0.05) is 25.7 Å². The number of carboxylic acid groups (broad SMARTS) is 4. The summed E-state index contributed by atoms with van der Waals surface area (Å²) in [4.78, 5) is 42.0. The van der Waals surface area contributed by atoms with Crippen LogP contribution in [0, 0.1) is 0 Å². The first-order valence-electron chi connectivity index (χ1n) is 16.5. The molecule has 12 heteroatoms. The van der Waals surface area contributed by atoms with Crippen molar-refractivity contribution in [1.29, 1.82) is 0 Å². The van der Waals surface area contributed by atoms with Crippen molar-refractivity contribution in [3.05, 3.63) is 83.9 Å². The number of carbonyl (C=O) groups is 4. The average Bonchev–Trinajstić information content (AvgIpc) is 3.87. The number of methoxy groups -OCH3 is 2. The summed E-state index contributed by atoms with van der Waals surface area (Å²) in [5.41, 5.74) is 1.63. The molecule has 6 rings (SSSR count). The molecule has 0 amide bonds. The second kappa shape index (κ2) is 19.1. The van der Waals surface area contributed by atoms with E-state index in [9.17, 15) is 29.4 Å². The Kier molecular flexibility index (Phi) is 15.0. The van der Waals surface area contributed by atoms with Crippen LogP contribution in [0.5, 0.6) is 11.5 Å². The first-order valence-corrected chi connectivity index (χ1v) is 16.5. The number of hydrogen-bond acceptors (Lipinski definition) is 8. The minimum absolute atomic E-state index is 0.255. The highest BCUT2D eigenvalue weighted by molar-refractivity contribution is 5.87. The maximum absolute atomic E-state index is 10.9. The number of quaternary nitrogens is 2. The number of nitrogens with two attached hydrogens (primary N) is 2. The van der Waals surface area contributed by atoms with Crippen LogP contribution in [0.3, 0.4) is 0 Å². The Balaban J connectivity index is 0.000000191. The summed E-state index contributed by atoms with van der Waals surface area (Å²) in [6.07, 6.45) is 3.59. The standard InChI is InChI=1S/2C14H14O3.2C5H9NO2/c2*1-9(14(15)16)10-3-4-12-8-13(17-2)6-5-11(12)7-10;2*7-5(8)4-2-1-3-6-4/h2*3-9H,1-2H3,(H,15,16);2*4,6H,1-3H2,(H,7,8)/t2*9-;2*4-/m0000/s1. The minimum Gasteiger partial charge on any atom is -0.544 e. The Hall–Kier alpha value is -5.20. The molecule has 0 unspecified atom stereocenters. The van der Waals surface area contributed by atoms with E-state index in [-0.39, 0.29) is 12.1 Å². The van der Waals surface area contributed by atoms with Crippen LogP contribution in [0.2, 0.25) is 0 Å². The van der Waals surface area contributed by atoms with Gasteiger partial charge < -0.3 is 50.1 Å². The van der Waals surface area contributed by atoms with Gasteiger partial charge in [-0.25, -0.2) is 0 Å². The molecule has 6 N–H and O–H groups in total. The Morgan fingerprint density at radius 1 is 0.620 bits per heavy atom. The van der Waals surface area contributed by atoms with E-state index in [0.29, 0.717) is 0 Å². The summed E-state index contributed by atoms with van der Waals surface area (Å²) >= 11 is 0. The molecule has 2 aliphatic rings. The highest BCUT2D eigenvalue weighted by Gasteiger charge is 2.19. The van der Waals surface area contributed by atoms with Gasteiger partial charge in [0.05, 0.1) is 51.1 Å². The predicted octanol–water partition coefficient (Wildman–Crippen LogP) is 0.997. The van der Waals surface area contributed by atoms with Crippen LogP contribution in [-0.2, 0) is 19.2 Å². The van der Waals surface area contributed by atoms with Gasteiger partial charge in [-0.1, -0.05) is 48.5 Å². The predicted molar refractivity (Wildman–Crippen MR) is 183 cm³/mol. The van der Waals surface area contributed by atoms with Gasteiger partial charge in [0.1, 0.15) is 23.6 Å². The number of carboxylic acids is 4. The zero-order valence-electron chi connectivity index (χ0n) is 28.8. The van der Waals surface area contributed by atoms with E-state index in [2.05, 4.69) is 0 Å². The molecule has 0 aliphatic carbocycles. The van der Waals surface area contributed by atoms with Crippen LogP contribution in [0.4, 0.5) is 0 Å². The SMILES string of the molecule is COc1ccc2cc([C@H](C)C(=O)O)ccc2c1.COc1ccc2cc([C@H](C)C(=O)O)ccc2c1.O=C([O-])[C@@H]1CCC[NH2+]1.O=C([O-])[C@@H]1CCC[NH2+]1. The van der Waals surface area contributed by atoms with Crippen molar-refractivity contribution in [3.63, 3.8) is 0 Å². The van der Waals surface area contributed by atoms with Gasteiger partial charge in [-0.3, -0.25) is 9.59 Å². The zero-order valence-corrected chi connectivity index (χ0v) is 28.8. The lowest BCUT2D eigenvalue weighted by atomic mass is 9.98. The van der Waals surface area contributed by atoms with E-state index in [4.69, 9.17) is 19.7 Å². The summed E-state index contributed by atoms with van der Waals surface area (Å²) in [5.74, 6) is -2.81. The van der Waals surface area contributed by atoms with Crippen molar-refractivity contribution in [3.8, 4) is 11.5 Å². The second-order valence-electron chi connectivity index (χ2n) is 12.2. The number of rotatable bonds is 8. The summed E-state index contributed by atoms with van der Waals surface area (Å²) < 4.78 is 10.3. The monoisotopic (exact) mass is 690 g/mol. The zero-order chi connectivity index (χ0) is 36.8. The lowest BCUT2D eigenvalue weighted by Gasteiger charge is -2.08. The maximum Gasteiger partial charge on any atom is 0.310 e. The molecule has 268 valence electrons. The van der Waals surface area contributed by atoms with Gasteiger partial charge in [0.15, 0.2) is 0 Å². The Morgan fingerprint density at radius 3 is 1.22 bits per heavy atom. The molecule has 0 saturated carbocycles. The third-order valence-electron chi connectivity index (χ3n) is 8.83. The van der Waals surface area contributed by atoms with Crippen molar-refractivity contribution >= 4 is 45.4 Å². The van der Waals surface area contributed by atoms with Crippen LogP contribution in [0.15, 0.2) is 72.8 Å². The van der Waals surface area contributed by atoms with Crippen molar-refractivity contribution in [2.75, 3.05) is 27.3 Å². The van der Waals surface area contributed by atoms with Crippen LogP contribution in [-0.4, -0.2) is 73.5 Å². The van der Waals surface area contributed by atoms with Crippen molar-refractivity contribution in [2.24, 2.45) is 0 Å². The quantitative estimate of drug-likeness (QED) is 0.206. The first-order chi connectivity index (χ1) is 23.8. The van der Waals surface area contributed by atoms with E-state index in [1.165, 1.54) is 0 Å². The molecule has 4 aromatic carbocycles. The molecule has 0 bridgehead atoms. The molecule has 0 radical (unpaired) electrons. The maximum atomic E-state index is 10.9. The summed E-state index contributed by atoms with van der Waals surface area (Å²) in [6.45, 7) is 5.26. The van der Waals surface area contributed by atoms with Gasteiger partial charge in [-0.05, 0) is 70.8 Å². The molecule has 4 aromatic rings. The molecular weight excluding hydrogens is 644 g/mol. The third-order valence-corrected chi connectivity index (χ3v) is 8.83. The van der Waals surface area contributed by atoms with Crippen LogP contribution in [0.25, 0.3) is 21.5 Å². The fraction of sp³-hybridized carbons (Fsp3) is 0.368. The largest absolute Gasteiger partial charge is 0.544 e. The molecule has 2 saturated heterocycles. The van der Waals surface area contributed by atoms with Gasteiger partial charge in [0.25, 0.3) is 0 Å². The highest BCUT2D eigenvalue weighted by Crippen LogP contribution is 2.26. The Bertz CT molecular complexity index is 1630. The number of aliphatic carboxylic acids is 4. The number of ether oxygens (including phenoxy) is 2. The van der Waals surface area contributed by atoms with Gasteiger partial charge >= 0.3 is 11.9 Å². The lowest BCUT2D eigenvalue weighted by molar-refractivity contribution is -0.664. The summed E-state index contributed by atoms with van der Waals surface area (Å²) in [7, 11) is 3.25. The number of fused-ring (bicyclic) bond motifs is 2. The van der Waals surface area contributed by atoms with Crippen LogP contribution < -0.4 is 30.3 Å². The van der Waals surface area contributed by atoms with Crippen molar-refractivity contribution in [2.45, 2.75) is 63.5 Å². The van der Waals surface area contributed by atoms with Crippen LogP contribution in [0.1, 0.15) is 62.5 Å². The van der Waals surface area contributed by atoms with Crippen LogP contribution >= 0.6 is 0 Å². The number of carbonyl (C=O) groups excluding carboxylic acids is 2.